The number of rotatable bonds is 60. The first-order valence-electron chi connectivity index (χ1n) is 33.7. The standard InChI is InChI=1S/C75H124O6/c1-4-7-10-13-16-19-22-24-26-28-30-32-34-36-37-39-40-42-44-46-48-50-53-56-59-62-65-68-74(77)80-71-72(70-79-73(76)67-64-61-58-55-52-21-18-15-12-9-6-3)81-75(78)69-66-63-60-57-54-51-49-47-45-43-41-38-35-33-31-29-27-25-23-20-17-14-11-8-5-2/h7,10,16,19,23-26,29-32,35-38,40,42,46,48,53,56,72H,4-6,8-9,11-15,17-18,20-22,27-28,33-34,39,41,43-45,47,49-52,54-55,57-71H2,1-3H3/b10-7-,19-16-,25-23-,26-24-,31-29-,32-30-,37-36-,38-35-,42-40-,48-46-,56-53-. The van der Waals surface area contributed by atoms with Crippen LogP contribution in [0.1, 0.15) is 303 Å². The second-order valence-electron chi connectivity index (χ2n) is 22.0. The number of unbranched alkanes of at least 4 members (excludes halogenated alkanes) is 27. The van der Waals surface area contributed by atoms with Gasteiger partial charge in [0.2, 0.25) is 0 Å². The van der Waals surface area contributed by atoms with Crippen molar-refractivity contribution in [1.29, 1.82) is 0 Å². The molecule has 81 heavy (non-hydrogen) atoms. The summed E-state index contributed by atoms with van der Waals surface area (Å²) in [6, 6.07) is 0. The van der Waals surface area contributed by atoms with Crippen LogP contribution in [0.3, 0.4) is 0 Å². The summed E-state index contributed by atoms with van der Waals surface area (Å²) in [7, 11) is 0. The molecule has 0 amide bonds. The molecule has 0 rings (SSSR count). The highest BCUT2D eigenvalue weighted by Crippen LogP contribution is 2.16. The van der Waals surface area contributed by atoms with Gasteiger partial charge in [0.15, 0.2) is 6.10 Å². The van der Waals surface area contributed by atoms with Gasteiger partial charge in [-0.25, -0.2) is 0 Å². The van der Waals surface area contributed by atoms with Gasteiger partial charge in [0, 0.05) is 19.3 Å². The van der Waals surface area contributed by atoms with Crippen molar-refractivity contribution in [3.05, 3.63) is 134 Å². The first-order valence-corrected chi connectivity index (χ1v) is 33.7. The molecule has 0 aromatic heterocycles. The SMILES string of the molecule is CC/C=C\C/C=C\C/C=C\C/C=C\C/C=C\C/C=C\C/C=C\C/C=C\CCCCC(=O)OCC(COC(=O)CCCCCCCCCCCCC)OC(=O)CCCCCCCCCCCC/C=C\C/C=C\C/C=C\CCCCCCC. The first kappa shape index (κ1) is 76.5. The highest BCUT2D eigenvalue weighted by molar-refractivity contribution is 5.71. The zero-order valence-corrected chi connectivity index (χ0v) is 52.8. The van der Waals surface area contributed by atoms with E-state index in [1.54, 1.807) is 0 Å². The number of hydrogen-bond acceptors (Lipinski definition) is 6. The first-order chi connectivity index (χ1) is 40.0. The van der Waals surface area contributed by atoms with Gasteiger partial charge in [0.25, 0.3) is 0 Å². The molecule has 0 radical (unpaired) electrons. The van der Waals surface area contributed by atoms with E-state index >= 15 is 0 Å². The summed E-state index contributed by atoms with van der Waals surface area (Å²) < 4.78 is 16.9. The van der Waals surface area contributed by atoms with Gasteiger partial charge >= 0.3 is 17.9 Å². The molecule has 6 nitrogen and oxygen atoms in total. The van der Waals surface area contributed by atoms with Crippen molar-refractivity contribution in [2.75, 3.05) is 13.2 Å². The molecule has 0 N–H and O–H groups in total. The van der Waals surface area contributed by atoms with Gasteiger partial charge < -0.3 is 14.2 Å². The number of ether oxygens (including phenoxy) is 3. The fourth-order valence-electron chi connectivity index (χ4n) is 9.11. The quantitative estimate of drug-likeness (QED) is 0.0261. The molecule has 1 unspecified atom stereocenters. The molecule has 0 aliphatic carbocycles. The van der Waals surface area contributed by atoms with Gasteiger partial charge in [-0.3, -0.25) is 14.4 Å². The molecule has 0 aliphatic rings. The van der Waals surface area contributed by atoms with Crippen molar-refractivity contribution < 1.29 is 28.6 Å². The van der Waals surface area contributed by atoms with Crippen LogP contribution >= 0.6 is 0 Å². The van der Waals surface area contributed by atoms with Crippen LogP contribution in [0, 0.1) is 0 Å². The summed E-state index contributed by atoms with van der Waals surface area (Å²) >= 11 is 0. The van der Waals surface area contributed by atoms with Crippen LogP contribution in [-0.2, 0) is 28.6 Å². The maximum absolute atomic E-state index is 12.9. The molecule has 0 saturated heterocycles. The Balaban J connectivity index is 4.38. The van der Waals surface area contributed by atoms with Crippen LogP contribution in [0.5, 0.6) is 0 Å². The lowest BCUT2D eigenvalue weighted by atomic mass is 10.0. The minimum absolute atomic E-state index is 0.0948. The lowest BCUT2D eigenvalue weighted by molar-refractivity contribution is -0.167. The van der Waals surface area contributed by atoms with Crippen LogP contribution in [0.15, 0.2) is 134 Å². The molecule has 0 fully saturated rings. The second kappa shape index (κ2) is 68.1. The maximum Gasteiger partial charge on any atom is 0.306 e. The minimum atomic E-state index is -0.802. The summed E-state index contributed by atoms with van der Waals surface area (Å²) in [4.78, 5) is 38.3. The Morgan fingerprint density at radius 2 is 0.481 bits per heavy atom. The van der Waals surface area contributed by atoms with E-state index in [2.05, 4.69) is 154 Å². The predicted octanol–water partition coefficient (Wildman–Crippen LogP) is 23.3. The lowest BCUT2D eigenvalue weighted by Gasteiger charge is -2.18. The van der Waals surface area contributed by atoms with Gasteiger partial charge in [-0.05, 0) is 122 Å². The third kappa shape index (κ3) is 66.2. The van der Waals surface area contributed by atoms with E-state index in [1.807, 2.05) is 0 Å². The average Bonchev–Trinajstić information content (AvgIpc) is 3.47. The minimum Gasteiger partial charge on any atom is -0.462 e. The van der Waals surface area contributed by atoms with E-state index in [4.69, 9.17) is 14.2 Å². The van der Waals surface area contributed by atoms with E-state index in [0.29, 0.717) is 25.7 Å². The van der Waals surface area contributed by atoms with Crippen molar-refractivity contribution in [3.63, 3.8) is 0 Å². The van der Waals surface area contributed by atoms with Gasteiger partial charge in [-0.2, -0.15) is 0 Å². The number of carbonyl (C=O) groups excluding carboxylic acids is 3. The molecular weight excluding hydrogens is 997 g/mol. The van der Waals surface area contributed by atoms with Gasteiger partial charge in [0.05, 0.1) is 0 Å². The lowest BCUT2D eigenvalue weighted by Crippen LogP contribution is -2.30. The molecule has 0 aliphatic heterocycles. The van der Waals surface area contributed by atoms with Crippen molar-refractivity contribution in [1.82, 2.24) is 0 Å². The number of esters is 3. The van der Waals surface area contributed by atoms with Crippen molar-refractivity contribution in [2.24, 2.45) is 0 Å². The van der Waals surface area contributed by atoms with Crippen molar-refractivity contribution in [3.8, 4) is 0 Å². The van der Waals surface area contributed by atoms with E-state index < -0.39 is 6.10 Å². The Morgan fingerprint density at radius 3 is 0.778 bits per heavy atom. The monoisotopic (exact) mass is 1120 g/mol. The van der Waals surface area contributed by atoms with E-state index in [1.165, 1.54) is 141 Å². The van der Waals surface area contributed by atoms with Gasteiger partial charge in [0.1, 0.15) is 13.2 Å². The summed E-state index contributed by atoms with van der Waals surface area (Å²) in [5.74, 6) is -0.941. The van der Waals surface area contributed by atoms with Crippen LogP contribution in [0.2, 0.25) is 0 Å². The fourth-order valence-corrected chi connectivity index (χ4v) is 9.11. The van der Waals surface area contributed by atoms with E-state index in [0.717, 1.165) is 116 Å². The Hall–Kier alpha value is -4.45. The number of carbonyl (C=O) groups is 3. The molecule has 1 atom stereocenters. The number of allylic oxidation sites excluding steroid dienone is 22. The topological polar surface area (TPSA) is 78.9 Å². The normalized spacial score (nSPS) is 13.0. The zero-order valence-electron chi connectivity index (χ0n) is 52.8. The van der Waals surface area contributed by atoms with Gasteiger partial charge in [-0.1, -0.05) is 296 Å². The third-order valence-electron chi connectivity index (χ3n) is 14.1. The molecule has 460 valence electrons. The summed E-state index contributed by atoms with van der Waals surface area (Å²) in [6.07, 6.45) is 96.1. The molecule has 0 aromatic carbocycles. The van der Waals surface area contributed by atoms with Crippen molar-refractivity contribution >= 4 is 17.9 Å². The highest BCUT2D eigenvalue weighted by atomic mass is 16.6. The van der Waals surface area contributed by atoms with Crippen molar-refractivity contribution in [2.45, 2.75) is 309 Å². The smallest absolute Gasteiger partial charge is 0.306 e. The molecule has 0 heterocycles. The average molecular weight is 1120 g/mol. The van der Waals surface area contributed by atoms with Crippen LogP contribution in [-0.4, -0.2) is 37.2 Å². The predicted molar refractivity (Wildman–Crippen MR) is 353 cm³/mol. The second-order valence-corrected chi connectivity index (χ2v) is 22.0. The maximum atomic E-state index is 12.9. The molecular formula is C75H124O6. The van der Waals surface area contributed by atoms with Gasteiger partial charge in [-0.15, -0.1) is 0 Å². The molecule has 6 heteroatoms. The van der Waals surface area contributed by atoms with Crippen LogP contribution in [0.4, 0.5) is 0 Å². The Bertz CT molecular complexity index is 1720. The summed E-state index contributed by atoms with van der Waals surface area (Å²) in [5.41, 5.74) is 0. The molecule has 0 saturated carbocycles. The molecule has 0 aromatic rings. The molecule has 0 spiro atoms. The zero-order chi connectivity index (χ0) is 58.5. The summed E-state index contributed by atoms with van der Waals surface area (Å²) in [5, 5.41) is 0. The largest absolute Gasteiger partial charge is 0.462 e. The Kier molecular flexibility index (Phi) is 64.3. The summed E-state index contributed by atoms with van der Waals surface area (Å²) in [6.45, 7) is 6.48. The highest BCUT2D eigenvalue weighted by Gasteiger charge is 2.19. The van der Waals surface area contributed by atoms with Crippen LogP contribution in [0.25, 0.3) is 0 Å². The Labute approximate surface area is 500 Å². The number of hydrogen-bond donors (Lipinski definition) is 0. The third-order valence-corrected chi connectivity index (χ3v) is 14.1. The van der Waals surface area contributed by atoms with Crippen LogP contribution < -0.4 is 0 Å². The van der Waals surface area contributed by atoms with E-state index in [-0.39, 0.29) is 31.1 Å². The van der Waals surface area contributed by atoms with E-state index in [9.17, 15) is 14.4 Å². The molecule has 0 bridgehead atoms. The fraction of sp³-hybridized carbons (Fsp3) is 0.667. The Morgan fingerprint density at radius 1 is 0.259 bits per heavy atom.